The monoisotopic (exact) mass is 407 g/mol. The first-order chi connectivity index (χ1) is 14.5. The van der Waals surface area contributed by atoms with Crippen LogP contribution in [0.2, 0.25) is 0 Å². The Kier molecular flexibility index (Phi) is 4.30. The van der Waals surface area contributed by atoms with Crippen LogP contribution in [0.15, 0.2) is 42.9 Å². The first-order valence-corrected chi connectivity index (χ1v) is 10.1. The summed E-state index contributed by atoms with van der Waals surface area (Å²) in [6.45, 7) is 2.46. The fourth-order valence-electron chi connectivity index (χ4n) is 4.90. The van der Waals surface area contributed by atoms with Crippen LogP contribution in [-0.4, -0.2) is 43.4 Å². The number of carbonyl (C=O) groups excluding carboxylic acids is 2. The number of piperidine rings is 1. The van der Waals surface area contributed by atoms with Gasteiger partial charge in [0.1, 0.15) is 11.4 Å². The van der Waals surface area contributed by atoms with E-state index >= 15 is 0 Å². The number of halogens is 1. The Balaban J connectivity index is 1.60. The summed E-state index contributed by atoms with van der Waals surface area (Å²) in [5, 5.41) is 7.44. The molecule has 2 aliphatic heterocycles. The average molecular weight is 407 g/mol. The number of amides is 2. The smallest absolute Gasteiger partial charge is 0.259 e. The molecule has 30 heavy (non-hydrogen) atoms. The maximum Gasteiger partial charge on any atom is 0.259 e. The Hall–Kier alpha value is -3.29. The SMILES string of the molecule is Cc1cnc2c(C(=O)N3CCC[C@]4(CCC(=O)N4)[C@H]3c3ccc(F)cc3)cnn2c1. The van der Waals surface area contributed by atoms with Gasteiger partial charge in [-0.05, 0) is 49.4 Å². The Labute approximate surface area is 172 Å². The summed E-state index contributed by atoms with van der Waals surface area (Å²) in [7, 11) is 0. The van der Waals surface area contributed by atoms with Crippen molar-refractivity contribution < 1.29 is 14.0 Å². The van der Waals surface area contributed by atoms with Gasteiger partial charge in [0.05, 0.1) is 17.8 Å². The second-order valence-corrected chi connectivity index (χ2v) is 8.22. The molecule has 5 rings (SSSR count). The van der Waals surface area contributed by atoms with E-state index < -0.39 is 5.54 Å². The van der Waals surface area contributed by atoms with Crippen molar-refractivity contribution in [3.05, 3.63) is 65.4 Å². The topological polar surface area (TPSA) is 79.6 Å². The minimum Gasteiger partial charge on any atom is -0.348 e. The van der Waals surface area contributed by atoms with Crippen molar-refractivity contribution in [3.63, 3.8) is 0 Å². The largest absolute Gasteiger partial charge is 0.348 e. The summed E-state index contributed by atoms with van der Waals surface area (Å²) in [5.41, 5.74) is 2.13. The zero-order valence-corrected chi connectivity index (χ0v) is 16.6. The summed E-state index contributed by atoms with van der Waals surface area (Å²) in [4.78, 5) is 32.0. The number of nitrogens with one attached hydrogen (secondary N) is 1. The highest BCUT2D eigenvalue weighted by Crippen LogP contribution is 2.45. The highest BCUT2D eigenvalue weighted by atomic mass is 19.1. The maximum absolute atomic E-state index is 13.7. The lowest BCUT2D eigenvalue weighted by molar-refractivity contribution is -0.120. The molecule has 4 heterocycles. The van der Waals surface area contributed by atoms with Crippen LogP contribution in [0.3, 0.4) is 0 Å². The fourth-order valence-corrected chi connectivity index (χ4v) is 4.90. The zero-order chi connectivity index (χ0) is 20.9. The fraction of sp³-hybridized carbons (Fsp3) is 0.364. The Morgan fingerprint density at radius 1 is 1.23 bits per heavy atom. The number of hydrogen-bond acceptors (Lipinski definition) is 4. The van der Waals surface area contributed by atoms with E-state index in [0.717, 1.165) is 24.0 Å². The van der Waals surface area contributed by atoms with Gasteiger partial charge in [-0.25, -0.2) is 13.9 Å². The van der Waals surface area contributed by atoms with E-state index in [-0.39, 0.29) is 23.7 Å². The van der Waals surface area contributed by atoms with Crippen molar-refractivity contribution in [1.29, 1.82) is 0 Å². The molecule has 154 valence electrons. The van der Waals surface area contributed by atoms with E-state index in [4.69, 9.17) is 0 Å². The molecule has 0 saturated carbocycles. The normalized spacial score (nSPS) is 23.9. The van der Waals surface area contributed by atoms with Gasteiger partial charge in [0.2, 0.25) is 5.91 Å². The Morgan fingerprint density at radius 2 is 2.03 bits per heavy atom. The third-order valence-electron chi connectivity index (χ3n) is 6.21. The van der Waals surface area contributed by atoms with Gasteiger partial charge in [-0.2, -0.15) is 5.10 Å². The van der Waals surface area contributed by atoms with E-state index in [9.17, 15) is 14.0 Å². The van der Waals surface area contributed by atoms with Crippen molar-refractivity contribution >= 4 is 17.5 Å². The predicted molar refractivity (Wildman–Crippen MR) is 107 cm³/mol. The molecule has 0 bridgehead atoms. The first-order valence-electron chi connectivity index (χ1n) is 10.1. The lowest BCUT2D eigenvalue weighted by Crippen LogP contribution is -2.58. The van der Waals surface area contributed by atoms with E-state index in [2.05, 4.69) is 15.4 Å². The van der Waals surface area contributed by atoms with Crippen molar-refractivity contribution in [2.75, 3.05) is 6.54 Å². The van der Waals surface area contributed by atoms with E-state index in [0.29, 0.717) is 30.6 Å². The molecule has 8 heteroatoms. The second kappa shape index (κ2) is 6.90. The van der Waals surface area contributed by atoms with E-state index in [1.165, 1.54) is 12.1 Å². The van der Waals surface area contributed by atoms with Crippen LogP contribution in [0.5, 0.6) is 0 Å². The van der Waals surface area contributed by atoms with Crippen LogP contribution in [0, 0.1) is 12.7 Å². The molecular formula is C22H22FN5O2. The number of likely N-dealkylation sites (tertiary alicyclic amines) is 1. The molecule has 7 nitrogen and oxygen atoms in total. The minimum atomic E-state index is -0.546. The molecule has 2 aliphatic rings. The molecule has 1 aromatic carbocycles. The van der Waals surface area contributed by atoms with Crippen molar-refractivity contribution in [2.45, 2.75) is 44.2 Å². The zero-order valence-electron chi connectivity index (χ0n) is 16.6. The number of aryl methyl sites for hydroxylation is 1. The number of aromatic nitrogens is 3. The molecule has 3 aromatic rings. The van der Waals surface area contributed by atoms with Gasteiger partial charge < -0.3 is 10.2 Å². The molecule has 2 amide bonds. The van der Waals surface area contributed by atoms with Crippen LogP contribution >= 0.6 is 0 Å². The molecule has 2 fully saturated rings. The quantitative estimate of drug-likeness (QED) is 0.709. The standard InChI is InChI=1S/C22H22FN5O2/c1-14-11-24-20-17(12-25-28(20)13-14)21(30)27-10-2-8-22(9-7-18(29)26-22)19(27)15-3-5-16(23)6-4-15/h3-6,11-13,19H,2,7-10H2,1H3,(H,26,29)/t19-,22+/m1/s1. The van der Waals surface area contributed by atoms with Gasteiger partial charge >= 0.3 is 0 Å². The molecule has 1 N–H and O–H groups in total. The number of rotatable bonds is 2. The molecule has 2 aromatic heterocycles. The average Bonchev–Trinajstić information content (AvgIpc) is 3.31. The summed E-state index contributed by atoms with van der Waals surface area (Å²) < 4.78 is 15.2. The van der Waals surface area contributed by atoms with Crippen molar-refractivity contribution in [1.82, 2.24) is 24.8 Å². The van der Waals surface area contributed by atoms with Crippen LogP contribution in [0.4, 0.5) is 4.39 Å². The van der Waals surface area contributed by atoms with Gasteiger partial charge in [0.25, 0.3) is 5.91 Å². The lowest BCUT2D eigenvalue weighted by atomic mass is 9.76. The highest BCUT2D eigenvalue weighted by molar-refractivity contribution is 6.00. The minimum absolute atomic E-state index is 0.00969. The molecule has 1 spiro atoms. The van der Waals surface area contributed by atoms with Gasteiger partial charge in [0, 0.05) is 25.4 Å². The van der Waals surface area contributed by atoms with Crippen LogP contribution in [0.1, 0.15) is 53.2 Å². The third-order valence-corrected chi connectivity index (χ3v) is 6.21. The number of hydrogen-bond donors (Lipinski definition) is 1. The Bertz CT molecular complexity index is 1140. The number of nitrogens with zero attached hydrogens (tertiary/aromatic N) is 4. The Morgan fingerprint density at radius 3 is 2.77 bits per heavy atom. The molecule has 0 radical (unpaired) electrons. The van der Waals surface area contributed by atoms with E-state index in [1.54, 1.807) is 33.9 Å². The van der Waals surface area contributed by atoms with Gasteiger partial charge in [-0.15, -0.1) is 0 Å². The van der Waals surface area contributed by atoms with Crippen LogP contribution in [-0.2, 0) is 4.79 Å². The second-order valence-electron chi connectivity index (χ2n) is 8.22. The molecule has 2 atom stereocenters. The van der Waals surface area contributed by atoms with Crippen LogP contribution in [0.25, 0.3) is 5.65 Å². The van der Waals surface area contributed by atoms with Crippen molar-refractivity contribution in [3.8, 4) is 0 Å². The maximum atomic E-state index is 13.7. The van der Waals surface area contributed by atoms with Gasteiger partial charge in [-0.3, -0.25) is 9.59 Å². The number of carbonyl (C=O) groups is 2. The molecule has 2 saturated heterocycles. The molecular weight excluding hydrogens is 385 g/mol. The number of fused-ring (bicyclic) bond motifs is 1. The third kappa shape index (κ3) is 2.94. The molecule has 0 aliphatic carbocycles. The molecule has 0 unspecified atom stereocenters. The predicted octanol–water partition coefficient (Wildman–Crippen LogP) is 2.80. The first kappa shape index (κ1) is 18.7. The van der Waals surface area contributed by atoms with Crippen molar-refractivity contribution in [2.24, 2.45) is 0 Å². The number of benzene rings is 1. The van der Waals surface area contributed by atoms with Crippen LogP contribution < -0.4 is 5.32 Å². The van der Waals surface area contributed by atoms with Gasteiger partial charge in [-0.1, -0.05) is 12.1 Å². The van der Waals surface area contributed by atoms with Gasteiger partial charge in [0.15, 0.2) is 5.65 Å². The highest BCUT2D eigenvalue weighted by Gasteiger charge is 2.51. The van der Waals surface area contributed by atoms with E-state index in [1.807, 2.05) is 13.1 Å². The summed E-state index contributed by atoms with van der Waals surface area (Å²) in [6.07, 6.45) is 7.69. The lowest BCUT2D eigenvalue weighted by Gasteiger charge is -2.48. The summed E-state index contributed by atoms with van der Waals surface area (Å²) in [6, 6.07) is 5.82. The summed E-state index contributed by atoms with van der Waals surface area (Å²) in [5.74, 6) is -0.528. The summed E-state index contributed by atoms with van der Waals surface area (Å²) >= 11 is 0.